The van der Waals surface area contributed by atoms with Gasteiger partial charge in [0.1, 0.15) is 0 Å². The van der Waals surface area contributed by atoms with Crippen molar-refractivity contribution >= 4 is 14.5 Å². The van der Waals surface area contributed by atoms with Gasteiger partial charge in [-0.3, -0.25) is 4.79 Å². The minimum absolute atomic E-state index is 0.162. The molecule has 0 aromatic heterocycles. The Morgan fingerprint density at radius 2 is 1.76 bits per heavy atom. The molecule has 0 saturated carbocycles. The molecule has 0 aliphatic rings. The minimum atomic E-state index is -1.93. The molecule has 0 aliphatic carbocycles. The number of hydrogen-bond acceptors (Lipinski definition) is 5. The monoisotopic (exact) mass is 263 g/mol. The zero-order valence-electron chi connectivity index (χ0n) is 11.6. The van der Waals surface area contributed by atoms with Crippen LogP contribution >= 0.6 is 0 Å². The Labute approximate surface area is 105 Å². The summed E-state index contributed by atoms with van der Waals surface area (Å²) in [7, 11) is 4.89. The Kier molecular flexibility index (Phi) is 8.41. The Hall–Kier alpha value is -0.433. The van der Waals surface area contributed by atoms with Gasteiger partial charge in [-0.05, 0) is 32.6 Å². The van der Waals surface area contributed by atoms with Gasteiger partial charge in [-0.2, -0.15) is 0 Å². The molecule has 0 N–H and O–H groups in total. The molecule has 0 saturated heterocycles. The highest BCUT2D eigenvalue weighted by Crippen LogP contribution is 2.13. The van der Waals surface area contributed by atoms with E-state index in [1.165, 1.54) is 7.11 Å². The standard InChI is InChI=1S/C11H25NO4Si/c1-12(9-7-11(13)14-2)8-6-10-17(5,15-3)16-4/h6-10H2,1-5H3. The summed E-state index contributed by atoms with van der Waals surface area (Å²) in [6.07, 6.45) is 1.46. The van der Waals surface area contributed by atoms with Crippen molar-refractivity contribution < 1.29 is 18.4 Å². The fraction of sp³-hybridized carbons (Fsp3) is 0.909. The largest absolute Gasteiger partial charge is 0.469 e. The number of rotatable bonds is 9. The quantitative estimate of drug-likeness (QED) is 0.463. The first kappa shape index (κ1) is 16.6. The van der Waals surface area contributed by atoms with Crippen LogP contribution in [0.1, 0.15) is 12.8 Å². The lowest BCUT2D eigenvalue weighted by molar-refractivity contribution is -0.140. The van der Waals surface area contributed by atoms with Crippen molar-refractivity contribution in [1.82, 2.24) is 4.90 Å². The SMILES string of the molecule is COC(=O)CCN(C)CCC[Si](C)(OC)OC. The minimum Gasteiger partial charge on any atom is -0.469 e. The summed E-state index contributed by atoms with van der Waals surface area (Å²) in [6.45, 7) is 3.72. The molecule has 6 heteroatoms. The molecule has 0 spiro atoms. The van der Waals surface area contributed by atoms with E-state index in [9.17, 15) is 4.79 Å². The maximum atomic E-state index is 11.0. The molecule has 102 valence electrons. The molecule has 17 heavy (non-hydrogen) atoms. The van der Waals surface area contributed by atoms with Crippen LogP contribution < -0.4 is 0 Å². The van der Waals surface area contributed by atoms with Crippen molar-refractivity contribution in [2.24, 2.45) is 0 Å². The van der Waals surface area contributed by atoms with Crippen LogP contribution in [-0.4, -0.2) is 60.9 Å². The van der Waals surface area contributed by atoms with Crippen LogP contribution in [-0.2, 0) is 18.4 Å². The zero-order valence-corrected chi connectivity index (χ0v) is 12.6. The summed E-state index contributed by atoms with van der Waals surface area (Å²) >= 11 is 0. The second kappa shape index (κ2) is 8.63. The highest BCUT2D eigenvalue weighted by molar-refractivity contribution is 6.65. The summed E-state index contributed by atoms with van der Waals surface area (Å²) in [6, 6.07) is 0.961. The van der Waals surface area contributed by atoms with E-state index in [1.54, 1.807) is 14.2 Å². The molecule has 0 aliphatic heterocycles. The summed E-state index contributed by atoms with van der Waals surface area (Å²) in [5, 5.41) is 0. The third-order valence-electron chi connectivity index (χ3n) is 2.96. The Morgan fingerprint density at radius 1 is 1.18 bits per heavy atom. The molecule has 0 amide bonds. The second-order valence-corrected chi connectivity index (χ2v) is 7.86. The predicted octanol–water partition coefficient (Wildman–Crippen LogP) is 1.24. The molecule has 0 heterocycles. The topological polar surface area (TPSA) is 48.0 Å². The van der Waals surface area contributed by atoms with Crippen LogP contribution in [0, 0.1) is 0 Å². The molecule has 0 radical (unpaired) electrons. The van der Waals surface area contributed by atoms with Gasteiger partial charge in [0.25, 0.3) is 0 Å². The summed E-state index contributed by atoms with van der Waals surface area (Å²) in [5.41, 5.74) is 0. The number of carbonyl (C=O) groups excluding carboxylic acids is 1. The molecule has 0 aromatic carbocycles. The third kappa shape index (κ3) is 7.48. The van der Waals surface area contributed by atoms with E-state index in [2.05, 4.69) is 16.2 Å². The second-order valence-electron chi connectivity index (χ2n) is 4.28. The van der Waals surface area contributed by atoms with Crippen LogP contribution in [0.15, 0.2) is 0 Å². The van der Waals surface area contributed by atoms with Crippen molar-refractivity contribution in [1.29, 1.82) is 0 Å². The number of esters is 1. The van der Waals surface area contributed by atoms with Gasteiger partial charge in [0, 0.05) is 20.8 Å². The summed E-state index contributed by atoms with van der Waals surface area (Å²) in [4.78, 5) is 13.1. The van der Waals surface area contributed by atoms with Crippen LogP contribution in [0.2, 0.25) is 12.6 Å². The van der Waals surface area contributed by atoms with Crippen molar-refractivity contribution in [3.05, 3.63) is 0 Å². The maximum Gasteiger partial charge on any atom is 0.334 e. The smallest absolute Gasteiger partial charge is 0.334 e. The molecular weight excluding hydrogens is 238 g/mol. The molecule has 0 rings (SSSR count). The van der Waals surface area contributed by atoms with Crippen LogP contribution in [0.4, 0.5) is 0 Å². The van der Waals surface area contributed by atoms with E-state index in [4.69, 9.17) is 8.85 Å². The number of ether oxygens (including phenoxy) is 1. The van der Waals surface area contributed by atoms with Gasteiger partial charge in [0.2, 0.25) is 0 Å². The van der Waals surface area contributed by atoms with Crippen molar-refractivity contribution in [2.75, 3.05) is 41.5 Å². The maximum absolute atomic E-state index is 11.0. The normalized spacial score (nSPS) is 11.9. The van der Waals surface area contributed by atoms with Crippen LogP contribution in [0.25, 0.3) is 0 Å². The average Bonchev–Trinajstić information content (AvgIpc) is 2.35. The van der Waals surface area contributed by atoms with Gasteiger partial charge in [-0.1, -0.05) is 0 Å². The first-order chi connectivity index (χ1) is 7.97. The number of carbonyl (C=O) groups is 1. The summed E-state index contributed by atoms with van der Waals surface area (Å²) in [5.74, 6) is -0.162. The van der Waals surface area contributed by atoms with E-state index in [0.717, 1.165) is 25.6 Å². The number of methoxy groups -OCH3 is 1. The molecule has 5 nitrogen and oxygen atoms in total. The zero-order chi connectivity index (χ0) is 13.3. The van der Waals surface area contributed by atoms with Gasteiger partial charge in [-0.25, -0.2) is 0 Å². The van der Waals surface area contributed by atoms with Gasteiger partial charge in [-0.15, -0.1) is 0 Å². The molecule has 0 fully saturated rings. The van der Waals surface area contributed by atoms with E-state index in [1.807, 2.05) is 7.05 Å². The van der Waals surface area contributed by atoms with Crippen LogP contribution in [0.3, 0.4) is 0 Å². The fourth-order valence-electron chi connectivity index (χ4n) is 1.45. The van der Waals surface area contributed by atoms with E-state index >= 15 is 0 Å². The van der Waals surface area contributed by atoms with Crippen molar-refractivity contribution in [3.63, 3.8) is 0 Å². The lowest BCUT2D eigenvalue weighted by atomic mass is 10.3. The van der Waals surface area contributed by atoms with Crippen molar-refractivity contribution in [3.8, 4) is 0 Å². The highest BCUT2D eigenvalue weighted by Gasteiger charge is 2.27. The molecule has 0 bridgehead atoms. The lowest BCUT2D eigenvalue weighted by Gasteiger charge is -2.24. The van der Waals surface area contributed by atoms with E-state index < -0.39 is 8.56 Å². The Balaban J connectivity index is 3.70. The van der Waals surface area contributed by atoms with Gasteiger partial charge in [0.05, 0.1) is 13.5 Å². The van der Waals surface area contributed by atoms with Gasteiger partial charge >= 0.3 is 14.5 Å². The molecule has 0 atom stereocenters. The number of nitrogens with zero attached hydrogens (tertiary/aromatic N) is 1. The van der Waals surface area contributed by atoms with Crippen molar-refractivity contribution in [2.45, 2.75) is 25.4 Å². The van der Waals surface area contributed by atoms with E-state index in [0.29, 0.717) is 6.42 Å². The summed E-state index contributed by atoms with van der Waals surface area (Å²) < 4.78 is 15.4. The fourth-order valence-corrected chi connectivity index (χ4v) is 2.83. The van der Waals surface area contributed by atoms with Gasteiger partial charge < -0.3 is 18.5 Å². The number of hydrogen-bond donors (Lipinski definition) is 0. The predicted molar refractivity (Wildman–Crippen MR) is 69.2 cm³/mol. The Bertz CT molecular complexity index is 222. The lowest BCUT2D eigenvalue weighted by Crippen LogP contribution is -2.37. The molecule has 0 unspecified atom stereocenters. The Morgan fingerprint density at radius 3 is 2.24 bits per heavy atom. The van der Waals surface area contributed by atoms with Crippen LogP contribution in [0.5, 0.6) is 0 Å². The molecule has 0 aromatic rings. The highest BCUT2D eigenvalue weighted by atomic mass is 28.4. The first-order valence-corrected chi connectivity index (χ1v) is 8.35. The first-order valence-electron chi connectivity index (χ1n) is 5.83. The third-order valence-corrected chi connectivity index (χ3v) is 5.95. The van der Waals surface area contributed by atoms with Gasteiger partial charge in [0.15, 0.2) is 0 Å². The van der Waals surface area contributed by atoms with E-state index in [-0.39, 0.29) is 5.97 Å². The average molecular weight is 263 g/mol. The molecular formula is C11H25NO4Si.